The van der Waals surface area contributed by atoms with Crippen molar-refractivity contribution < 1.29 is 27.1 Å². The lowest BCUT2D eigenvalue weighted by Crippen LogP contribution is -2.08. The molecule has 0 aromatic heterocycles. The van der Waals surface area contributed by atoms with Gasteiger partial charge in [0.25, 0.3) is 0 Å². The van der Waals surface area contributed by atoms with E-state index < -0.39 is 16.6 Å². The first kappa shape index (κ1) is 15.9. The van der Waals surface area contributed by atoms with E-state index in [1.165, 1.54) is 0 Å². The smallest absolute Gasteiger partial charge is 0.449 e. The molecule has 98 valence electrons. The van der Waals surface area contributed by atoms with Gasteiger partial charge in [-0.1, -0.05) is 49.6 Å². The zero-order valence-corrected chi connectivity index (χ0v) is 10.1. The molecule has 0 aliphatic rings. The molecule has 0 spiro atoms. The summed E-state index contributed by atoms with van der Waals surface area (Å²) in [6.45, 7) is 7.38. The number of carbonyl (C=O) groups is 1. The third kappa shape index (κ3) is 7.20. The molecule has 0 unspecified atom stereocenters. The van der Waals surface area contributed by atoms with Crippen LogP contribution in [0.4, 0.5) is 4.79 Å². The molecule has 0 aliphatic heterocycles. The van der Waals surface area contributed by atoms with Gasteiger partial charge >= 0.3 is 16.6 Å². The Morgan fingerprint density at radius 1 is 1.17 bits per heavy atom. The van der Waals surface area contributed by atoms with Crippen molar-refractivity contribution >= 4 is 28.7 Å². The van der Waals surface area contributed by atoms with Crippen LogP contribution in [0.15, 0.2) is 37.4 Å². The van der Waals surface area contributed by atoms with Crippen molar-refractivity contribution in [3.8, 4) is 0 Å². The van der Waals surface area contributed by atoms with Crippen molar-refractivity contribution in [2.75, 3.05) is 0 Å². The minimum absolute atomic E-state index is 1.14. The van der Waals surface area contributed by atoms with E-state index in [2.05, 4.69) is 17.3 Å². The van der Waals surface area contributed by atoms with Crippen LogP contribution in [0.1, 0.15) is 11.1 Å². The van der Waals surface area contributed by atoms with E-state index in [0.29, 0.717) is 0 Å². The lowest BCUT2D eigenvalue weighted by molar-refractivity contribution is 0.141. The van der Waals surface area contributed by atoms with E-state index in [9.17, 15) is 13.2 Å². The van der Waals surface area contributed by atoms with Gasteiger partial charge in [0.15, 0.2) is 0 Å². The van der Waals surface area contributed by atoms with Gasteiger partial charge in [0.2, 0.25) is 0 Å². The van der Waals surface area contributed by atoms with Crippen LogP contribution in [-0.2, 0) is 14.6 Å². The predicted molar refractivity (Wildman–Crippen MR) is 67.3 cm³/mol. The van der Waals surface area contributed by atoms with Crippen LogP contribution < -0.4 is 0 Å². The summed E-state index contributed by atoms with van der Waals surface area (Å²) in [5.74, 6) is 0. The van der Waals surface area contributed by atoms with E-state index in [4.69, 9.17) is 9.66 Å². The molecule has 18 heavy (non-hydrogen) atoms. The van der Waals surface area contributed by atoms with E-state index in [-0.39, 0.29) is 0 Å². The van der Waals surface area contributed by atoms with Gasteiger partial charge in [0.1, 0.15) is 0 Å². The largest absolute Gasteiger partial charge is 0.523 e. The van der Waals surface area contributed by atoms with Crippen molar-refractivity contribution in [3.05, 3.63) is 48.6 Å². The Balaban J connectivity index is 0.000000331. The van der Waals surface area contributed by atoms with E-state index in [1.54, 1.807) is 0 Å². The lowest BCUT2D eigenvalue weighted by Gasteiger charge is -1.96. The number of rotatable bonds is 3. The second kappa shape index (κ2) is 7.25. The van der Waals surface area contributed by atoms with E-state index in [0.717, 1.165) is 11.1 Å². The molecule has 1 aromatic rings. The summed E-state index contributed by atoms with van der Waals surface area (Å²) in [6, 6.07) is 8.02. The van der Waals surface area contributed by atoms with Gasteiger partial charge in [-0.05, 0) is 11.1 Å². The second-order valence-electron chi connectivity index (χ2n) is 2.81. The van der Waals surface area contributed by atoms with Crippen LogP contribution in [-0.4, -0.2) is 24.2 Å². The summed E-state index contributed by atoms with van der Waals surface area (Å²) >= 11 is 0. The Morgan fingerprint density at radius 3 is 1.72 bits per heavy atom. The van der Waals surface area contributed by atoms with Crippen molar-refractivity contribution in [2.45, 2.75) is 0 Å². The molecule has 1 aromatic carbocycles. The van der Waals surface area contributed by atoms with Gasteiger partial charge in [-0.3, -0.25) is 8.74 Å². The van der Waals surface area contributed by atoms with E-state index in [1.807, 2.05) is 36.4 Å². The van der Waals surface area contributed by atoms with Crippen molar-refractivity contribution in [3.63, 3.8) is 0 Å². The molecule has 6 nitrogen and oxygen atoms in total. The minimum Gasteiger partial charge on any atom is -0.449 e. The minimum atomic E-state index is -4.82. The maximum Gasteiger partial charge on any atom is 0.523 e. The quantitative estimate of drug-likeness (QED) is 0.819. The van der Waals surface area contributed by atoms with Crippen LogP contribution in [0.2, 0.25) is 0 Å². The molecule has 0 amide bonds. The van der Waals surface area contributed by atoms with Gasteiger partial charge in [0, 0.05) is 0 Å². The van der Waals surface area contributed by atoms with Gasteiger partial charge in [0.05, 0.1) is 0 Å². The fourth-order valence-corrected chi connectivity index (χ4v) is 1.15. The fraction of sp³-hybridized carbons (Fsp3) is 0. The molecule has 0 fully saturated rings. The Kier molecular flexibility index (Phi) is 6.40. The molecule has 0 saturated carbocycles. The standard InChI is InChI=1S/C10H10.CH2O6S/c1-3-9-7-5-6-8-10(9)4-2;2-1(3)7-8(4,5)6/h3-8H,1-2H2;(H,2,3)(H,4,5,6). The normalized spacial score (nSPS) is 9.61. The number of hydrogen-bond donors (Lipinski definition) is 2. The van der Waals surface area contributed by atoms with Gasteiger partial charge < -0.3 is 5.11 Å². The Bertz CT molecular complexity index is 505. The molecule has 0 saturated heterocycles. The third-order valence-corrected chi connectivity index (χ3v) is 1.97. The molecule has 1 rings (SSSR count). The molecule has 0 aliphatic carbocycles. The monoisotopic (exact) mass is 272 g/mol. The SMILES string of the molecule is C=Cc1ccccc1C=C.O=C(O)OS(=O)(=O)O. The predicted octanol–water partition coefficient (Wildman–Crippen LogP) is 2.46. The van der Waals surface area contributed by atoms with E-state index >= 15 is 0 Å². The fourth-order valence-electron chi connectivity index (χ4n) is 0.973. The number of benzene rings is 1. The molecular formula is C11H12O6S. The average molecular weight is 272 g/mol. The van der Waals surface area contributed by atoms with Gasteiger partial charge in [-0.25, -0.2) is 4.79 Å². The van der Waals surface area contributed by atoms with Crippen LogP contribution in [0.25, 0.3) is 12.2 Å². The number of carboxylic acid groups (broad SMARTS) is 1. The van der Waals surface area contributed by atoms with Crippen LogP contribution in [0.3, 0.4) is 0 Å². The maximum atomic E-state index is 9.39. The zero-order chi connectivity index (χ0) is 14.2. The highest BCUT2D eigenvalue weighted by Gasteiger charge is 2.09. The highest BCUT2D eigenvalue weighted by atomic mass is 32.3. The number of hydrogen-bond acceptors (Lipinski definition) is 4. The van der Waals surface area contributed by atoms with Gasteiger partial charge in [-0.2, -0.15) is 8.42 Å². The Labute approximate surface area is 105 Å². The maximum absolute atomic E-state index is 9.39. The van der Waals surface area contributed by atoms with Gasteiger partial charge in [-0.15, -0.1) is 0 Å². The van der Waals surface area contributed by atoms with Crippen LogP contribution in [0, 0.1) is 0 Å². The zero-order valence-electron chi connectivity index (χ0n) is 9.31. The topological polar surface area (TPSA) is 101 Å². The van der Waals surface area contributed by atoms with Crippen molar-refractivity contribution in [1.82, 2.24) is 0 Å². The molecule has 0 heterocycles. The summed E-state index contributed by atoms with van der Waals surface area (Å²) in [5, 5.41) is 7.49. The highest BCUT2D eigenvalue weighted by molar-refractivity contribution is 7.81. The molecular weight excluding hydrogens is 260 g/mol. The van der Waals surface area contributed by atoms with Crippen LogP contribution >= 0.6 is 0 Å². The summed E-state index contributed by atoms with van der Waals surface area (Å²) in [7, 11) is -4.82. The summed E-state index contributed by atoms with van der Waals surface area (Å²) in [5.41, 5.74) is 2.27. The average Bonchev–Trinajstić information content (AvgIpc) is 2.26. The van der Waals surface area contributed by atoms with Crippen molar-refractivity contribution in [2.24, 2.45) is 0 Å². The summed E-state index contributed by atoms with van der Waals surface area (Å²) in [6.07, 6.45) is 1.60. The molecule has 0 bridgehead atoms. The van der Waals surface area contributed by atoms with Crippen molar-refractivity contribution in [1.29, 1.82) is 0 Å². The summed E-state index contributed by atoms with van der Waals surface area (Å²) < 4.78 is 29.2. The highest BCUT2D eigenvalue weighted by Crippen LogP contribution is 2.10. The Morgan fingerprint density at radius 2 is 1.56 bits per heavy atom. The second-order valence-corrected chi connectivity index (χ2v) is 3.84. The molecule has 2 N–H and O–H groups in total. The molecule has 0 radical (unpaired) electrons. The molecule has 0 atom stereocenters. The molecule has 7 heteroatoms. The first-order valence-electron chi connectivity index (χ1n) is 4.54. The third-order valence-electron chi connectivity index (χ3n) is 1.61. The summed E-state index contributed by atoms with van der Waals surface area (Å²) in [4.78, 5) is 9.25. The first-order valence-corrected chi connectivity index (χ1v) is 5.90. The lowest BCUT2D eigenvalue weighted by atomic mass is 10.1. The first-order chi connectivity index (χ1) is 8.30. The Hall–Kier alpha value is -2.12. The van der Waals surface area contributed by atoms with Crippen LogP contribution in [0.5, 0.6) is 0 Å².